The van der Waals surface area contributed by atoms with E-state index in [0.717, 1.165) is 11.1 Å². The molecule has 3 N–H and O–H groups in total. The number of halogens is 2. The molecule has 31 heavy (non-hydrogen) atoms. The van der Waals surface area contributed by atoms with Gasteiger partial charge in [0.1, 0.15) is 6.04 Å². The van der Waals surface area contributed by atoms with Gasteiger partial charge in [-0.2, -0.15) is 0 Å². The minimum Gasteiger partial charge on any atom is -0.324 e. The van der Waals surface area contributed by atoms with Crippen LogP contribution in [0.1, 0.15) is 53.6 Å². The number of nitrogens with one attached hydrogen (secondary N) is 1. The van der Waals surface area contributed by atoms with E-state index in [1.54, 1.807) is 6.07 Å². The number of nitrogens with two attached hydrogens (primary N) is 1. The van der Waals surface area contributed by atoms with E-state index >= 15 is 0 Å². The maximum Gasteiger partial charge on any atom is 0.255 e. The highest BCUT2D eigenvalue weighted by atomic mass is 19.3. The predicted molar refractivity (Wildman–Crippen MR) is 107 cm³/mol. The topological polar surface area (TPSA) is 95.7 Å². The number of benzene rings is 1. The van der Waals surface area contributed by atoms with Crippen LogP contribution < -0.4 is 11.1 Å². The molecule has 0 aromatic heterocycles. The van der Waals surface area contributed by atoms with Gasteiger partial charge in [0.05, 0.1) is 0 Å². The van der Waals surface area contributed by atoms with Crippen molar-refractivity contribution < 1.29 is 23.2 Å². The number of likely N-dealkylation sites (tertiary alicyclic amines) is 1. The van der Waals surface area contributed by atoms with Gasteiger partial charge in [-0.3, -0.25) is 24.6 Å². The van der Waals surface area contributed by atoms with Crippen LogP contribution >= 0.6 is 0 Å². The van der Waals surface area contributed by atoms with Crippen LogP contribution in [0.5, 0.6) is 0 Å². The third kappa shape index (κ3) is 3.63. The van der Waals surface area contributed by atoms with Gasteiger partial charge in [-0.25, -0.2) is 8.78 Å². The van der Waals surface area contributed by atoms with Crippen LogP contribution in [0.3, 0.4) is 0 Å². The van der Waals surface area contributed by atoms with Crippen molar-refractivity contribution in [2.75, 3.05) is 13.1 Å². The zero-order valence-electron chi connectivity index (χ0n) is 17.2. The lowest BCUT2D eigenvalue weighted by Gasteiger charge is -2.38. The Morgan fingerprint density at radius 2 is 2.00 bits per heavy atom. The van der Waals surface area contributed by atoms with Crippen LogP contribution in [-0.4, -0.2) is 58.1 Å². The van der Waals surface area contributed by atoms with E-state index in [1.165, 1.54) is 4.90 Å². The highest BCUT2D eigenvalue weighted by Gasteiger charge is 2.52. The molecule has 4 aliphatic rings. The van der Waals surface area contributed by atoms with Crippen molar-refractivity contribution in [1.82, 2.24) is 15.1 Å². The number of piperidine rings is 1. The van der Waals surface area contributed by atoms with E-state index in [1.807, 2.05) is 12.1 Å². The van der Waals surface area contributed by atoms with Gasteiger partial charge in [0.15, 0.2) is 0 Å². The molecule has 9 heteroatoms. The summed E-state index contributed by atoms with van der Waals surface area (Å²) < 4.78 is 27.7. The van der Waals surface area contributed by atoms with Crippen LogP contribution in [0.4, 0.5) is 8.78 Å². The number of fused-ring (bicyclic) bond motifs is 2. The summed E-state index contributed by atoms with van der Waals surface area (Å²) in [6.45, 7) is 2.04. The fourth-order valence-electron chi connectivity index (χ4n) is 5.64. The molecule has 1 saturated carbocycles. The smallest absolute Gasteiger partial charge is 0.255 e. The van der Waals surface area contributed by atoms with Gasteiger partial charge in [-0.05, 0) is 36.0 Å². The Morgan fingerprint density at radius 1 is 1.19 bits per heavy atom. The summed E-state index contributed by atoms with van der Waals surface area (Å²) in [5.74, 6) is -3.78. The predicted octanol–water partition coefficient (Wildman–Crippen LogP) is 1.40. The Labute approximate surface area is 178 Å². The molecule has 0 spiro atoms. The molecule has 1 aromatic carbocycles. The van der Waals surface area contributed by atoms with Gasteiger partial charge < -0.3 is 10.6 Å². The maximum absolute atomic E-state index is 13.8. The summed E-state index contributed by atoms with van der Waals surface area (Å²) in [5.41, 5.74) is 8.32. The highest BCUT2D eigenvalue weighted by Crippen LogP contribution is 2.45. The molecule has 3 fully saturated rings. The Morgan fingerprint density at radius 3 is 2.77 bits per heavy atom. The van der Waals surface area contributed by atoms with Gasteiger partial charge in [0.25, 0.3) is 5.91 Å². The number of carbonyl (C=O) groups excluding carboxylic acids is 3. The summed E-state index contributed by atoms with van der Waals surface area (Å²) in [4.78, 5) is 40.1. The number of rotatable bonds is 3. The molecule has 1 unspecified atom stereocenters. The zero-order valence-corrected chi connectivity index (χ0v) is 17.2. The van der Waals surface area contributed by atoms with E-state index in [4.69, 9.17) is 5.73 Å². The largest absolute Gasteiger partial charge is 0.324 e. The third-order valence-electron chi connectivity index (χ3n) is 7.30. The van der Waals surface area contributed by atoms with Crippen molar-refractivity contribution in [3.05, 3.63) is 34.9 Å². The molecule has 5 rings (SSSR count). The van der Waals surface area contributed by atoms with Gasteiger partial charge in [-0.15, -0.1) is 0 Å². The van der Waals surface area contributed by atoms with Crippen molar-refractivity contribution >= 4 is 17.7 Å². The molecule has 3 atom stereocenters. The Kier molecular flexibility index (Phi) is 4.67. The molecular weight excluding hydrogens is 406 g/mol. The van der Waals surface area contributed by atoms with E-state index in [9.17, 15) is 23.2 Å². The number of hydrogen-bond acceptors (Lipinski definition) is 5. The quantitative estimate of drug-likeness (QED) is 0.704. The number of imide groups is 1. The van der Waals surface area contributed by atoms with Crippen LogP contribution in [0, 0.1) is 5.92 Å². The molecule has 1 aromatic rings. The first-order valence-corrected chi connectivity index (χ1v) is 10.8. The van der Waals surface area contributed by atoms with Crippen LogP contribution in [0.2, 0.25) is 0 Å². The van der Waals surface area contributed by atoms with Crippen LogP contribution in [0.15, 0.2) is 18.2 Å². The minimum absolute atomic E-state index is 0.148. The number of carbonyl (C=O) groups is 3. The van der Waals surface area contributed by atoms with Gasteiger partial charge in [0, 0.05) is 56.5 Å². The maximum atomic E-state index is 13.8. The number of hydrogen-bond donors (Lipinski definition) is 2. The second-order valence-electron chi connectivity index (χ2n) is 9.55. The molecule has 3 heterocycles. The first kappa shape index (κ1) is 20.5. The zero-order chi connectivity index (χ0) is 22.0. The molecule has 0 radical (unpaired) electrons. The van der Waals surface area contributed by atoms with Crippen LogP contribution in [-0.2, 0) is 22.7 Å². The number of nitrogens with zero attached hydrogens (tertiary/aromatic N) is 2. The Bertz CT molecular complexity index is 968. The van der Waals surface area contributed by atoms with E-state index in [-0.39, 0.29) is 37.0 Å². The fraction of sp³-hybridized carbons (Fsp3) is 0.591. The number of alkyl halides is 2. The first-order valence-electron chi connectivity index (χ1n) is 10.8. The average Bonchev–Trinajstić information content (AvgIpc) is 3.17. The molecule has 3 aliphatic heterocycles. The lowest BCUT2D eigenvalue weighted by molar-refractivity contribution is -0.136. The summed E-state index contributed by atoms with van der Waals surface area (Å²) in [6, 6.07) is 4.97. The second kappa shape index (κ2) is 7.06. The lowest BCUT2D eigenvalue weighted by Crippen LogP contribution is -2.53. The molecule has 7 nitrogen and oxygen atoms in total. The lowest BCUT2D eigenvalue weighted by atomic mass is 9.74. The summed E-state index contributed by atoms with van der Waals surface area (Å²) >= 11 is 0. The van der Waals surface area contributed by atoms with E-state index < -0.39 is 23.4 Å². The second-order valence-corrected chi connectivity index (χ2v) is 9.55. The molecule has 166 valence electrons. The van der Waals surface area contributed by atoms with E-state index in [0.29, 0.717) is 44.6 Å². The highest BCUT2D eigenvalue weighted by molar-refractivity contribution is 6.05. The molecule has 1 aliphatic carbocycles. The van der Waals surface area contributed by atoms with Gasteiger partial charge >= 0.3 is 0 Å². The standard InChI is InChI=1S/C22H26F2N4O3/c23-22(24)6-5-21(25)12-27(11-15(21)8-22)9-13-1-2-16-14(7-13)10-28(20(16)31)17-3-4-18(29)26-19(17)30/h1-2,7,15,17H,3-6,8-12,25H2,(H,26,29,30)/t15-,17?,21-/m1/s1. The average molecular weight is 432 g/mol. The van der Waals surface area contributed by atoms with Crippen molar-refractivity contribution in [3.63, 3.8) is 0 Å². The van der Waals surface area contributed by atoms with Crippen molar-refractivity contribution in [3.8, 4) is 0 Å². The van der Waals surface area contributed by atoms with Gasteiger partial charge in [0.2, 0.25) is 17.7 Å². The SMILES string of the molecule is N[C@@]12CCC(F)(F)C[C@@H]1CN(Cc1ccc3c(c1)CN(C1CCC(=O)NC1=O)C3=O)C2. The summed E-state index contributed by atoms with van der Waals surface area (Å²) in [5, 5.41) is 2.30. The monoisotopic (exact) mass is 432 g/mol. The molecule has 2 saturated heterocycles. The Hall–Kier alpha value is -2.39. The normalized spacial score (nSPS) is 32.7. The molecular formula is C22H26F2N4O3. The van der Waals surface area contributed by atoms with Crippen LogP contribution in [0.25, 0.3) is 0 Å². The summed E-state index contributed by atoms with van der Waals surface area (Å²) in [6.07, 6.45) is 0.582. The first-order chi connectivity index (χ1) is 14.6. The van der Waals surface area contributed by atoms with Gasteiger partial charge in [-0.1, -0.05) is 12.1 Å². The Balaban J connectivity index is 1.28. The fourth-order valence-corrected chi connectivity index (χ4v) is 5.64. The summed E-state index contributed by atoms with van der Waals surface area (Å²) in [7, 11) is 0. The molecule has 0 bridgehead atoms. The van der Waals surface area contributed by atoms with Crippen molar-refractivity contribution in [2.24, 2.45) is 11.7 Å². The third-order valence-corrected chi connectivity index (χ3v) is 7.30. The molecule has 3 amide bonds. The van der Waals surface area contributed by atoms with E-state index in [2.05, 4.69) is 10.2 Å². The minimum atomic E-state index is -2.63. The van der Waals surface area contributed by atoms with Crippen molar-refractivity contribution in [1.29, 1.82) is 0 Å². The number of amides is 3. The van der Waals surface area contributed by atoms with Crippen molar-refractivity contribution in [2.45, 2.75) is 62.7 Å².